The van der Waals surface area contributed by atoms with E-state index in [-0.39, 0.29) is 11.7 Å². The minimum Gasteiger partial charge on any atom is -0.369 e. The van der Waals surface area contributed by atoms with Crippen molar-refractivity contribution in [1.29, 1.82) is 0 Å². The number of hydrogen-bond acceptors (Lipinski definition) is 3. The summed E-state index contributed by atoms with van der Waals surface area (Å²) in [7, 11) is 1.73. The molecular formula is C13H18FN3O. The minimum absolute atomic E-state index is 0.0538. The van der Waals surface area contributed by atoms with Crippen LogP contribution in [0.5, 0.6) is 0 Å². The number of nitrogens with two attached hydrogens (primary N) is 1. The quantitative estimate of drug-likeness (QED) is 0.882. The molecule has 98 valence electrons. The maximum atomic E-state index is 13.4. The zero-order chi connectivity index (χ0) is 13.1. The van der Waals surface area contributed by atoms with Crippen LogP contribution in [0.25, 0.3) is 0 Å². The van der Waals surface area contributed by atoms with Crippen LogP contribution in [0.15, 0.2) is 18.2 Å². The molecule has 0 bridgehead atoms. The number of amides is 1. The molecule has 18 heavy (non-hydrogen) atoms. The Kier molecular flexibility index (Phi) is 3.81. The van der Waals surface area contributed by atoms with E-state index in [0.717, 1.165) is 24.3 Å². The van der Waals surface area contributed by atoms with E-state index in [1.54, 1.807) is 18.0 Å². The molecule has 1 aromatic rings. The van der Waals surface area contributed by atoms with Gasteiger partial charge >= 0.3 is 0 Å². The minimum atomic E-state index is -0.283. The summed E-state index contributed by atoms with van der Waals surface area (Å²) in [5, 5.41) is 0. The average Bonchev–Trinajstić information content (AvgIpc) is 2.47. The summed E-state index contributed by atoms with van der Waals surface area (Å²) in [4.78, 5) is 15.5. The molecule has 0 spiro atoms. The Balaban J connectivity index is 2.38. The van der Waals surface area contributed by atoms with Gasteiger partial charge in [0.05, 0.1) is 11.4 Å². The first-order valence-corrected chi connectivity index (χ1v) is 6.14. The number of hydrogen-bond donors (Lipinski definition) is 1. The van der Waals surface area contributed by atoms with Gasteiger partial charge < -0.3 is 15.5 Å². The van der Waals surface area contributed by atoms with Crippen LogP contribution in [0.4, 0.5) is 15.8 Å². The smallest absolute Gasteiger partial charge is 0.228 e. The van der Waals surface area contributed by atoms with Crippen LogP contribution in [0.2, 0.25) is 0 Å². The Morgan fingerprint density at radius 2 is 2.17 bits per heavy atom. The fourth-order valence-electron chi connectivity index (χ4n) is 2.20. The molecule has 1 aliphatic heterocycles. The summed E-state index contributed by atoms with van der Waals surface area (Å²) in [5.41, 5.74) is 7.05. The molecule has 0 radical (unpaired) electrons. The maximum Gasteiger partial charge on any atom is 0.228 e. The van der Waals surface area contributed by atoms with E-state index in [2.05, 4.69) is 0 Å². The normalized spacial score (nSPS) is 15.6. The Hall–Kier alpha value is -1.62. The highest BCUT2D eigenvalue weighted by Crippen LogP contribution is 2.32. The molecule has 0 atom stereocenters. The first-order chi connectivity index (χ1) is 8.63. The Morgan fingerprint density at radius 1 is 1.39 bits per heavy atom. The standard InChI is InChI=1S/C13H18FN3O/c1-16-11-4-3-10(14)9-12(11)17(7-2-6-15)8-5-13(16)18/h3-4,9H,2,5-8,15H2,1H3. The molecule has 2 N–H and O–H groups in total. The molecule has 2 rings (SSSR count). The van der Waals surface area contributed by atoms with Crippen molar-refractivity contribution in [3.63, 3.8) is 0 Å². The lowest BCUT2D eigenvalue weighted by Gasteiger charge is -2.25. The lowest BCUT2D eigenvalue weighted by Crippen LogP contribution is -2.27. The van der Waals surface area contributed by atoms with E-state index < -0.39 is 0 Å². The average molecular weight is 251 g/mol. The lowest BCUT2D eigenvalue weighted by atomic mass is 10.2. The van der Waals surface area contributed by atoms with Crippen molar-refractivity contribution in [2.75, 3.05) is 36.5 Å². The van der Waals surface area contributed by atoms with E-state index in [1.165, 1.54) is 12.1 Å². The third-order valence-electron chi connectivity index (χ3n) is 3.24. The van der Waals surface area contributed by atoms with Gasteiger partial charge in [0, 0.05) is 26.6 Å². The molecule has 0 unspecified atom stereocenters. The summed E-state index contributed by atoms with van der Waals surface area (Å²) in [5.74, 6) is -0.229. The van der Waals surface area contributed by atoms with Crippen LogP contribution in [0.1, 0.15) is 12.8 Å². The predicted octanol–water partition coefficient (Wildman–Crippen LogP) is 1.35. The number of benzene rings is 1. The van der Waals surface area contributed by atoms with Crippen LogP contribution < -0.4 is 15.5 Å². The van der Waals surface area contributed by atoms with Gasteiger partial charge in [-0.1, -0.05) is 0 Å². The topological polar surface area (TPSA) is 49.6 Å². The summed E-state index contributed by atoms with van der Waals surface area (Å²) in [6.07, 6.45) is 1.27. The van der Waals surface area contributed by atoms with Gasteiger partial charge in [-0.2, -0.15) is 0 Å². The SMILES string of the molecule is CN1C(=O)CCN(CCCN)c2cc(F)ccc21. The second-order valence-electron chi connectivity index (χ2n) is 4.47. The van der Waals surface area contributed by atoms with Gasteiger partial charge in [0.1, 0.15) is 5.82 Å². The van der Waals surface area contributed by atoms with E-state index >= 15 is 0 Å². The molecule has 0 aromatic heterocycles. The lowest BCUT2D eigenvalue weighted by molar-refractivity contribution is -0.118. The van der Waals surface area contributed by atoms with Crippen molar-refractivity contribution in [3.05, 3.63) is 24.0 Å². The number of halogens is 1. The van der Waals surface area contributed by atoms with Gasteiger partial charge in [-0.05, 0) is 31.2 Å². The van der Waals surface area contributed by atoms with Gasteiger partial charge in [0.15, 0.2) is 0 Å². The second kappa shape index (κ2) is 5.35. The summed E-state index contributed by atoms with van der Waals surface area (Å²) in [6.45, 7) is 1.94. The predicted molar refractivity (Wildman–Crippen MR) is 70.3 cm³/mol. The largest absolute Gasteiger partial charge is 0.369 e. The number of anilines is 2. The molecule has 5 heteroatoms. The van der Waals surface area contributed by atoms with E-state index in [1.807, 2.05) is 4.90 Å². The number of carbonyl (C=O) groups excluding carboxylic acids is 1. The Bertz CT molecular complexity index is 450. The van der Waals surface area contributed by atoms with Crippen LogP contribution in [-0.2, 0) is 4.79 Å². The fourth-order valence-corrected chi connectivity index (χ4v) is 2.20. The van der Waals surface area contributed by atoms with Crippen LogP contribution >= 0.6 is 0 Å². The molecule has 1 heterocycles. The molecule has 0 saturated heterocycles. The zero-order valence-corrected chi connectivity index (χ0v) is 10.5. The van der Waals surface area contributed by atoms with Gasteiger partial charge in [-0.15, -0.1) is 0 Å². The van der Waals surface area contributed by atoms with E-state index in [0.29, 0.717) is 19.5 Å². The number of rotatable bonds is 3. The van der Waals surface area contributed by atoms with Crippen molar-refractivity contribution >= 4 is 17.3 Å². The van der Waals surface area contributed by atoms with Gasteiger partial charge in [-0.25, -0.2) is 4.39 Å². The molecule has 0 saturated carbocycles. The molecular weight excluding hydrogens is 233 g/mol. The third kappa shape index (κ3) is 2.46. The number of nitrogens with zero attached hydrogens (tertiary/aromatic N) is 2. The molecule has 1 amide bonds. The van der Waals surface area contributed by atoms with Crippen LogP contribution in [0.3, 0.4) is 0 Å². The van der Waals surface area contributed by atoms with Crippen molar-refractivity contribution in [2.24, 2.45) is 5.73 Å². The number of carbonyl (C=O) groups is 1. The zero-order valence-electron chi connectivity index (χ0n) is 10.5. The Morgan fingerprint density at radius 3 is 2.89 bits per heavy atom. The fraction of sp³-hybridized carbons (Fsp3) is 0.462. The van der Waals surface area contributed by atoms with Gasteiger partial charge in [0.25, 0.3) is 0 Å². The van der Waals surface area contributed by atoms with Gasteiger partial charge in [-0.3, -0.25) is 4.79 Å². The van der Waals surface area contributed by atoms with E-state index in [9.17, 15) is 9.18 Å². The Labute approximate surface area is 106 Å². The maximum absolute atomic E-state index is 13.4. The molecule has 0 fully saturated rings. The third-order valence-corrected chi connectivity index (χ3v) is 3.24. The first kappa shape index (κ1) is 12.8. The molecule has 1 aliphatic rings. The highest BCUT2D eigenvalue weighted by Gasteiger charge is 2.23. The van der Waals surface area contributed by atoms with Crippen molar-refractivity contribution in [3.8, 4) is 0 Å². The summed E-state index contributed by atoms with van der Waals surface area (Å²) < 4.78 is 13.4. The van der Waals surface area contributed by atoms with Crippen molar-refractivity contribution < 1.29 is 9.18 Å². The highest BCUT2D eigenvalue weighted by atomic mass is 19.1. The second-order valence-corrected chi connectivity index (χ2v) is 4.47. The van der Waals surface area contributed by atoms with Crippen LogP contribution in [-0.4, -0.2) is 32.6 Å². The monoisotopic (exact) mass is 251 g/mol. The molecule has 4 nitrogen and oxygen atoms in total. The van der Waals surface area contributed by atoms with Crippen molar-refractivity contribution in [1.82, 2.24) is 0 Å². The highest BCUT2D eigenvalue weighted by molar-refractivity contribution is 5.98. The summed E-state index contributed by atoms with van der Waals surface area (Å²) >= 11 is 0. The van der Waals surface area contributed by atoms with Gasteiger partial charge in [0.2, 0.25) is 5.91 Å². The first-order valence-electron chi connectivity index (χ1n) is 6.14. The van der Waals surface area contributed by atoms with Crippen LogP contribution in [0, 0.1) is 5.82 Å². The summed E-state index contributed by atoms with van der Waals surface area (Å²) in [6, 6.07) is 4.53. The number of fused-ring (bicyclic) bond motifs is 1. The molecule has 0 aliphatic carbocycles. The van der Waals surface area contributed by atoms with E-state index in [4.69, 9.17) is 5.73 Å². The van der Waals surface area contributed by atoms with Crippen molar-refractivity contribution in [2.45, 2.75) is 12.8 Å². The molecule has 1 aromatic carbocycles.